The monoisotopic (exact) mass is 367 g/mol. The molecule has 1 N–H and O–H groups in total. The second-order valence-electron chi connectivity index (χ2n) is 7.82. The number of hydrogen-bond donors (Lipinski definition) is 1. The first kappa shape index (κ1) is 17.8. The maximum Gasteiger partial charge on any atom is 0.312 e. The van der Waals surface area contributed by atoms with Crippen LogP contribution in [-0.4, -0.2) is 43.7 Å². The molecule has 2 saturated heterocycles. The molecule has 1 aromatic heterocycles. The summed E-state index contributed by atoms with van der Waals surface area (Å²) in [4.78, 5) is 27.2. The Morgan fingerprint density at radius 3 is 2.67 bits per heavy atom. The van der Waals surface area contributed by atoms with Gasteiger partial charge in [0.15, 0.2) is 0 Å². The Hall–Kier alpha value is -2.63. The smallest absolute Gasteiger partial charge is 0.312 e. The van der Waals surface area contributed by atoms with E-state index in [0.717, 1.165) is 24.1 Å². The third-order valence-corrected chi connectivity index (χ3v) is 6.33. The number of aromatic nitrogens is 2. The average Bonchev–Trinajstić information content (AvgIpc) is 3.34. The summed E-state index contributed by atoms with van der Waals surface area (Å²) in [7, 11) is 1.87. The normalized spacial score (nSPS) is 26.5. The van der Waals surface area contributed by atoms with Gasteiger partial charge in [0.2, 0.25) is 5.91 Å². The molecule has 1 amide bonds. The SMILES string of the molecule is Cn1nccc1CCC(=O)N1[C@H]2CC[C@@H]1[C@](Cc1ccccc1)(C(=O)O)C2. The maximum atomic E-state index is 13.0. The van der Waals surface area contributed by atoms with Gasteiger partial charge in [-0.15, -0.1) is 0 Å². The van der Waals surface area contributed by atoms with Crippen molar-refractivity contribution in [3.05, 3.63) is 53.9 Å². The van der Waals surface area contributed by atoms with E-state index in [0.29, 0.717) is 25.7 Å². The molecule has 3 atom stereocenters. The van der Waals surface area contributed by atoms with E-state index < -0.39 is 11.4 Å². The van der Waals surface area contributed by atoms with Crippen LogP contribution >= 0.6 is 0 Å². The van der Waals surface area contributed by atoms with Crippen LogP contribution in [0, 0.1) is 5.41 Å². The van der Waals surface area contributed by atoms with E-state index in [1.54, 1.807) is 10.9 Å². The highest BCUT2D eigenvalue weighted by Crippen LogP contribution is 2.52. The molecule has 0 saturated carbocycles. The van der Waals surface area contributed by atoms with Crippen LogP contribution in [-0.2, 0) is 29.5 Å². The number of rotatable bonds is 6. The predicted octanol–water partition coefficient (Wildman–Crippen LogP) is 2.43. The predicted molar refractivity (Wildman–Crippen MR) is 100 cm³/mol. The summed E-state index contributed by atoms with van der Waals surface area (Å²) in [6.07, 6.45) is 5.48. The summed E-state index contributed by atoms with van der Waals surface area (Å²) in [5.41, 5.74) is 1.17. The highest BCUT2D eigenvalue weighted by Gasteiger charge is 2.61. The maximum absolute atomic E-state index is 13.0. The van der Waals surface area contributed by atoms with Crippen LogP contribution in [0.4, 0.5) is 0 Å². The first-order valence-electron chi connectivity index (χ1n) is 9.56. The molecule has 27 heavy (non-hydrogen) atoms. The summed E-state index contributed by atoms with van der Waals surface area (Å²) in [6, 6.07) is 11.5. The van der Waals surface area contributed by atoms with E-state index in [1.165, 1.54) is 0 Å². The minimum absolute atomic E-state index is 0.0499. The van der Waals surface area contributed by atoms with Gasteiger partial charge in [0.25, 0.3) is 0 Å². The molecule has 0 aliphatic carbocycles. The van der Waals surface area contributed by atoms with Crippen LogP contribution in [0.25, 0.3) is 0 Å². The molecule has 4 rings (SSSR count). The number of benzene rings is 1. The Balaban J connectivity index is 1.53. The third-order valence-electron chi connectivity index (χ3n) is 6.33. The van der Waals surface area contributed by atoms with Gasteiger partial charge in [-0.05, 0) is 43.7 Å². The lowest BCUT2D eigenvalue weighted by atomic mass is 9.70. The third kappa shape index (κ3) is 3.03. The van der Waals surface area contributed by atoms with Crippen molar-refractivity contribution in [1.29, 1.82) is 0 Å². The number of fused-ring (bicyclic) bond motifs is 2. The zero-order chi connectivity index (χ0) is 19.0. The van der Waals surface area contributed by atoms with E-state index >= 15 is 0 Å². The Bertz CT molecular complexity index is 847. The van der Waals surface area contributed by atoms with Crippen molar-refractivity contribution in [2.75, 3.05) is 0 Å². The zero-order valence-electron chi connectivity index (χ0n) is 15.5. The molecule has 0 unspecified atom stereocenters. The van der Waals surface area contributed by atoms with Crippen LogP contribution in [0.15, 0.2) is 42.6 Å². The van der Waals surface area contributed by atoms with Gasteiger partial charge in [-0.2, -0.15) is 5.10 Å². The van der Waals surface area contributed by atoms with Gasteiger partial charge < -0.3 is 10.0 Å². The number of carboxylic acids is 1. The van der Waals surface area contributed by atoms with E-state index in [2.05, 4.69) is 5.10 Å². The van der Waals surface area contributed by atoms with E-state index in [9.17, 15) is 14.7 Å². The van der Waals surface area contributed by atoms with Crippen molar-refractivity contribution in [1.82, 2.24) is 14.7 Å². The van der Waals surface area contributed by atoms with E-state index in [-0.39, 0.29) is 18.0 Å². The quantitative estimate of drug-likeness (QED) is 0.851. The van der Waals surface area contributed by atoms with Crippen molar-refractivity contribution < 1.29 is 14.7 Å². The Morgan fingerprint density at radius 1 is 1.22 bits per heavy atom. The Kier molecular flexibility index (Phi) is 4.50. The fraction of sp³-hybridized carbons (Fsp3) is 0.476. The number of aliphatic carboxylic acids is 1. The molecule has 6 heteroatoms. The van der Waals surface area contributed by atoms with Gasteiger partial charge >= 0.3 is 5.97 Å². The molecule has 2 bridgehead atoms. The number of amides is 1. The van der Waals surface area contributed by atoms with Crippen molar-refractivity contribution in [2.24, 2.45) is 12.5 Å². The zero-order valence-corrected chi connectivity index (χ0v) is 15.5. The summed E-state index contributed by atoms with van der Waals surface area (Å²) >= 11 is 0. The van der Waals surface area contributed by atoms with Gasteiger partial charge in [0.1, 0.15) is 0 Å². The Morgan fingerprint density at radius 2 is 2.00 bits per heavy atom. The molecule has 2 aliphatic heterocycles. The largest absolute Gasteiger partial charge is 0.481 e. The number of aryl methyl sites for hydroxylation is 2. The molecule has 6 nitrogen and oxygen atoms in total. The Labute approximate surface area is 158 Å². The topological polar surface area (TPSA) is 75.4 Å². The molecule has 142 valence electrons. The number of carboxylic acid groups (broad SMARTS) is 1. The first-order valence-corrected chi connectivity index (χ1v) is 9.56. The first-order chi connectivity index (χ1) is 13.0. The highest BCUT2D eigenvalue weighted by atomic mass is 16.4. The minimum Gasteiger partial charge on any atom is -0.481 e. The fourth-order valence-electron chi connectivity index (χ4n) is 5.03. The van der Waals surface area contributed by atoms with E-state index in [1.807, 2.05) is 48.3 Å². The lowest BCUT2D eigenvalue weighted by Crippen LogP contribution is -2.46. The van der Waals surface area contributed by atoms with Crippen LogP contribution in [0.2, 0.25) is 0 Å². The van der Waals surface area contributed by atoms with Gasteiger partial charge in [-0.25, -0.2) is 0 Å². The molecular formula is C21H25N3O3. The molecule has 0 radical (unpaired) electrons. The minimum atomic E-state index is -0.869. The molecule has 0 spiro atoms. The summed E-state index contributed by atoms with van der Waals surface area (Å²) in [5.74, 6) is -0.706. The number of carbonyl (C=O) groups is 2. The standard InChI is InChI=1S/C21H25N3O3/c1-23-16(11-12-22-23)8-10-19(25)24-17-7-9-18(24)21(14-17,20(26)27)13-15-5-3-2-4-6-15/h2-6,11-12,17-18H,7-10,13-14H2,1H3,(H,26,27)/t17-,18+,21+/m0/s1. The van der Waals surface area contributed by atoms with Gasteiger partial charge in [-0.3, -0.25) is 14.3 Å². The van der Waals surface area contributed by atoms with Crippen LogP contribution in [0.5, 0.6) is 0 Å². The number of carbonyl (C=O) groups excluding carboxylic acids is 1. The van der Waals surface area contributed by atoms with Gasteiger partial charge in [-0.1, -0.05) is 30.3 Å². The molecule has 2 fully saturated rings. The van der Waals surface area contributed by atoms with Crippen LogP contribution in [0.1, 0.15) is 36.9 Å². The molecule has 1 aromatic carbocycles. The summed E-state index contributed by atoms with van der Waals surface area (Å²) < 4.78 is 1.78. The summed E-state index contributed by atoms with van der Waals surface area (Å²) in [6.45, 7) is 0. The molecule has 3 heterocycles. The van der Waals surface area contributed by atoms with Crippen molar-refractivity contribution >= 4 is 11.9 Å². The van der Waals surface area contributed by atoms with Crippen molar-refractivity contribution in [3.63, 3.8) is 0 Å². The van der Waals surface area contributed by atoms with Crippen LogP contribution in [0.3, 0.4) is 0 Å². The van der Waals surface area contributed by atoms with Crippen molar-refractivity contribution in [2.45, 2.75) is 50.6 Å². The molecule has 2 aliphatic rings. The van der Waals surface area contributed by atoms with E-state index in [4.69, 9.17) is 0 Å². The van der Waals surface area contributed by atoms with Crippen LogP contribution < -0.4 is 0 Å². The number of nitrogens with zero attached hydrogens (tertiary/aromatic N) is 3. The molecule has 2 aromatic rings. The second-order valence-corrected chi connectivity index (χ2v) is 7.82. The van der Waals surface area contributed by atoms with Crippen molar-refractivity contribution in [3.8, 4) is 0 Å². The van der Waals surface area contributed by atoms with Gasteiger partial charge in [0.05, 0.1) is 5.41 Å². The summed E-state index contributed by atoms with van der Waals surface area (Å²) in [5, 5.41) is 14.3. The second kappa shape index (κ2) is 6.83. The average molecular weight is 367 g/mol. The fourth-order valence-corrected chi connectivity index (χ4v) is 5.03. The lowest BCUT2D eigenvalue weighted by molar-refractivity contribution is -0.151. The highest BCUT2D eigenvalue weighted by molar-refractivity contribution is 5.83. The lowest BCUT2D eigenvalue weighted by Gasteiger charge is -2.33. The molecular weight excluding hydrogens is 342 g/mol. The van der Waals surface area contributed by atoms with Gasteiger partial charge in [0, 0.05) is 37.4 Å². The number of hydrogen-bond acceptors (Lipinski definition) is 3.